The van der Waals surface area contributed by atoms with Crippen molar-refractivity contribution in [2.75, 3.05) is 0 Å². The van der Waals surface area contributed by atoms with Gasteiger partial charge in [0.1, 0.15) is 17.4 Å². The van der Waals surface area contributed by atoms with E-state index in [2.05, 4.69) is 4.98 Å². The number of hydrogen-bond donors (Lipinski definition) is 2. The van der Waals surface area contributed by atoms with Crippen LogP contribution in [-0.4, -0.2) is 23.0 Å². The normalized spacial score (nSPS) is 22.9. The Labute approximate surface area is 119 Å². The van der Waals surface area contributed by atoms with Crippen LogP contribution in [0.25, 0.3) is 0 Å². The van der Waals surface area contributed by atoms with E-state index in [9.17, 15) is 18.0 Å². The molecule has 1 aliphatic carbocycles. The zero-order valence-corrected chi connectivity index (χ0v) is 11.2. The minimum absolute atomic E-state index is 0.0634. The highest BCUT2D eigenvalue weighted by Gasteiger charge is 2.34. The maximum Gasteiger partial charge on any atom is 0.433 e. The number of pyridine rings is 1. The Morgan fingerprint density at radius 2 is 2.05 bits per heavy atom. The van der Waals surface area contributed by atoms with Gasteiger partial charge in [-0.15, -0.1) is 0 Å². The highest BCUT2D eigenvalue weighted by Crippen LogP contribution is 2.31. The van der Waals surface area contributed by atoms with Gasteiger partial charge in [0.2, 0.25) is 5.88 Å². The number of halogens is 3. The van der Waals surface area contributed by atoms with E-state index in [4.69, 9.17) is 16.2 Å². The van der Waals surface area contributed by atoms with Crippen LogP contribution in [0.5, 0.6) is 5.88 Å². The highest BCUT2D eigenvalue weighted by atomic mass is 19.4. The second-order valence-corrected chi connectivity index (χ2v) is 5.08. The molecule has 21 heavy (non-hydrogen) atoms. The van der Waals surface area contributed by atoms with Gasteiger partial charge in [-0.2, -0.15) is 13.2 Å². The molecule has 1 heterocycles. The minimum atomic E-state index is -4.61. The molecule has 0 radical (unpaired) electrons. The van der Waals surface area contributed by atoms with Crippen LogP contribution < -0.4 is 16.2 Å². The minimum Gasteiger partial charge on any atom is -0.474 e. The lowest BCUT2D eigenvalue weighted by Crippen LogP contribution is -2.34. The molecule has 1 fully saturated rings. The maximum atomic E-state index is 12.7. The fourth-order valence-electron chi connectivity index (χ4n) is 2.32. The second kappa shape index (κ2) is 5.88. The topological polar surface area (TPSA) is 91.2 Å². The molecular formula is C13H16F3N3O2. The van der Waals surface area contributed by atoms with Gasteiger partial charge in [-0.05, 0) is 37.8 Å². The van der Waals surface area contributed by atoms with Gasteiger partial charge < -0.3 is 16.2 Å². The smallest absolute Gasteiger partial charge is 0.433 e. The van der Waals surface area contributed by atoms with Crippen LogP contribution in [-0.2, 0) is 6.18 Å². The van der Waals surface area contributed by atoms with Crippen LogP contribution in [0, 0.1) is 0 Å². The lowest BCUT2D eigenvalue weighted by molar-refractivity contribution is -0.141. The number of carbonyl (C=O) groups excluding carboxylic acids is 1. The Bertz CT molecular complexity index is 534. The largest absolute Gasteiger partial charge is 0.474 e. The van der Waals surface area contributed by atoms with Crippen molar-refractivity contribution in [1.82, 2.24) is 4.98 Å². The predicted molar refractivity (Wildman–Crippen MR) is 68.6 cm³/mol. The lowest BCUT2D eigenvalue weighted by Gasteiger charge is -2.27. The summed E-state index contributed by atoms with van der Waals surface area (Å²) in [6.07, 6.45) is -2.14. The Hall–Kier alpha value is -1.83. The van der Waals surface area contributed by atoms with Gasteiger partial charge in [0, 0.05) is 6.04 Å². The first kappa shape index (κ1) is 15.6. The Morgan fingerprint density at radius 3 is 2.62 bits per heavy atom. The number of rotatable bonds is 3. The second-order valence-electron chi connectivity index (χ2n) is 5.08. The Balaban J connectivity index is 2.28. The zero-order valence-electron chi connectivity index (χ0n) is 11.2. The van der Waals surface area contributed by atoms with Gasteiger partial charge in [0.25, 0.3) is 5.91 Å². The first-order chi connectivity index (χ1) is 9.77. The van der Waals surface area contributed by atoms with E-state index in [1.807, 2.05) is 0 Å². The summed E-state index contributed by atoms with van der Waals surface area (Å²) in [4.78, 5) is 14.7. The SMILES string of the molecule is NC(=O)c1ccc(C(F)(F)F)nc1OC1CCCC(N)C1. The van der Waals surface area contributed by atoms with Gasteiger partial charge in [-0.1, -0.05) is 0 Å². The van der Waals surface area contributed by atoms with Crippen LogP contribution in [0.1, 0.15) is 41.7 Å². The van der Waals surface area contributed by atoms with Crippen LogP contribution in [0.15, 0.2) is 12.1 Å². The fraction of sp³-hybridized carbons (Fsp3) is 0.538. The molecule has 1 aromatic heterocycles. The summed E-state index contributed by atoms with van der Waals surface area (Å²) in [5, 5.41) is 0. The molecular weight excluding hydrogens is 287 g/mol. The molecule has 2 unspecified atom stereocenters. The molecule has 4 N–H and O–H groups in total. The van der Waals surface area contributed by atoms with E-state index >= 15 is 0 Å². The molecule has 0 bridgehead atoms. The first-order valence-electron chi connectivity index (χ1n) is 6.57. The lowest BCUT2D eigenvalue weighted by atomic mass is 9.93. The number of primary amides is 1. The van der Waals surface area contributed by atoms with Gasteiger partial charge in [0.05, 0.1) is 0 Å². The van der Waals surface area contributed by atoms with E-state index < -0.39 is 17.8 Å². The highest BCUT2D eigenvalue weighted by molar-refractivity contribution is 5.95. The standard InChI is InChI=1S/C13H16F3N3O2/c14-13(15,16)10-5-4-9(11(18)20)12(19-10)21-8-3-1-2-7(17)6-8/h4-5,7-8H,1-3,6,17H2,(H2,18,20). The third kappa shape index (κ3) is 3.84. The molecule has 1 aliphatic rings. The molecule has 0 spiro atoms. The molecule has 2 atom stereocenters. The average molecular weight is 303 g/mol. The number of nitrogens with zero attached hydrogens (tertiary/aromatic N) is 1. The summed E-state index contributed by atoms with van der Waals surface area (Å²) in [6.45, 7) is 0. The van der Waals surface area contributed by atoms with Crippen LogP contribution in [0.3, 0.4) is 0 Å². The van der Waals surface area contributed by atoms with Crippen molar-refractivity contribution >= 4 is 5.91 Å². The summed E-state index contributed by atoms with van der Waals surface area (Å²) in [5.74, 6) is -1.26. The number of aromatic nitrogens is 1. The molecule has 0 aliphatic heterocycles. The van der Waals surface area contributed by atoms with Crippen molar-refractivity contribution in [2.24, 2.45) is 11.5 Å². The van der Waals surface area contributed by atoms with E-state index in [-0.39, 0.29) is 23.6 Å². The Kier molecular flexibility index (Phi) is 4.36. The third-order valence-corrected chi connectivity index (χ3v) is 3.36. The van der Waals surface area contributed by atoms with Crippen LogP contribution in [0.2, 0.25) is 0 Å². The predicted octanol–water partition coefficient (Wildman–Crippen LogP) is 1.85. The van der Waals surface area contributed by atoms with Crippen molar-refractivity contribution < 1.29 is 22.7 Å². The number of hydrogen-bond acceptors (Lipinski definition) is 4. The molecule has 1 saturated carbocycles. The number of nitrogens with two attached hydrogens (primary N) is 2. The monoisotopic (exact) mass is 303 g/mol. The molecule has 2 rings (SSSR count). The summed E-state index contributed by atoms with van der Waals surface area (Å²) in [7, 11) is 0. The van der Waals surface area contributed by atoms with Gasteiger partial charge >= 0.3 is 6.18 Å². The fourth-order valence-corrected chi connectivity index (χ4v) is 2.32. The molecule has 0 saturated heterocycles. The molecule has 1 amide bonds. The van der Waals surface area contributed by atoms with Crippen molar-refractivity contribution in [3.63, 3.8) is 0 Å². The molecule has 0 aromatic carbocycles. The Morgan fingerprint density at radius 1 is 1.33 bits per heavy atom. The number of alkyl halides is 3. The number of amides is 1. The van der Waals surface area contributed by atoms with Gasteiger partial charge in [0.15, 0.2) is 0 Å². The average Bonchev–Trinajstić information content (AvgIpc) is 2.37. The van der Waals surface area contributed by atoms with Crippen LogP contribution in [0.4, 0.5) is 13.2 Å². The summed E-state index contributed by atoms with van der Waals surface area (Å²) >= 11 is 0. The summed E-state index contributed by atoms with van der Waals surface area (Å²) < 4.78 is 43.5. The molecule has 5 nitrogen and oxygen atoms in total. The van der Waals surface area contributed by atoms with Gasteiger partial charge in [-0.25, -0.2) is 4.98 Å². The van der Waals surface area contributed by atoms with Crippen LogP contribution >= 0.6 is 0 Å². The zero-order chi connectivity index (χ0) is 15.6. The van der Waals surface area contributed by atoms with Gasteiger partial charge in [-0.3, -0.25) is 4.79 Å². The first-order valence-corrected chi connectivity index (χ1v) is 6.57. The summed E-state index contributed by atoms with van der Waals surface area (Å²) in [5.41, 5.74) is 9.66. The summed E-state index contributed by atoms with van der Waals surface area (Å²) in [6, 6.07) is 1.63. The van der Waals surface area contributed by atoms with Crippen molar-refractivity contribution in [2.45, 2.75) is 44.0 Å². The van der Waals surface area contributed by atoms with E-state index in [0.717, 1.165) is 18.9 Å². The molecule has 116 valence electrons. The third-order valence-electron chi connectivity index (χ3n) is 3.36. The van der Waals surface area contributed by atoms with Crippen molar-refractivity contribution in [3.05, 3.63) is 23.4 Å². The number of carbonyl (C=O) groups is 1. The molecule has 8 heteroatoms. The number of ether oxygens (including phenoxy) is 1. The van der Waals surface area contributed by atoms with E-state index in [1.54, 1.807) is 0 Å². The van der Waals surface area contributed by atoms with E-state index in [0.29, 0.717) is 18.9 Å². The maximum absolute atomic E-state index is 12.7. The molecule has 1 aromatic rings. The quantitative estimate of drug-likeness (QED) is 0.891. The van der Waals surface area contributed by atoms with Crippen molar-refractivity contribution in [3.8, 4) is 5.88 Å². The van der Waals surface area contributed by atoms with E-state index in [1.165, 1.54) is 0 Å². The van der Waals surface area contributed by atoms with Crippen molar-refractivity contribution in [1.29, 1.82) is 0 Å².